The van der Waals surface area contributed by atoms with Crippen molar-refractivity contribution in [1.82, 2.24) is 4.90 Å². The van der Waals surface area contributed by atoms with Crippen LogP contribution < -0.4 is 15.4 Å². The Morgan fingerprint density at radius 1 is 1.03 bits per heavy atom. The maximum Gasteiger partial charge on any atom is 0.253 e. The molecule has 2 amide bonds. The molecule has 0 atom stereocenters. The van der Waals surface area contributed by atoms with Crippen molar-refractivity contribution in [2.75, 3.05) is 50.1 Å². The average molecular weight is 440 g/mol. The summed E-state index contributed by atoms with van der Waals surface area (Å²) < 4.78 is 11.0. The first kappa shape index (κ1) is 23.6. The number of amides is 2. The Balaban J connectivity index is 1.47. The molecule has 0 saturated carbocycles. The quantitative estimate of drug-likeness (QED) is 0.547. The molecule has 2 aromatic rings. The minimum atomic E-state index is -0.187. The lowest BCUT2D eigenvalue weighted by atomic mass is 9.98. The van der Waals surface area contributed by atoms with E-state index in [0.29, 0.717) is 42.7 Å². The topological polar surface area (TPSA) is 79.9 Å². The summed E-state index contributed by atoms with van der Waals surface area (Å²) >= 11 is 0. The Morgan fingerprint density at radius 3 is 2.47 bits per heavy atom. The Bertz CT molecular complexity index is 877. The van der Waals surface area contributed by atoms with Gasteiger partial charge in [0.1, 0.15) is 12.4 Å². The lowest BCUT2D eigenvalue weighted by Gasteiger charge is -2.30. The monoisotopic (exact) mass is 439 g/mol. The molecule has 0 bridgehead atoms. The smallest absolute Gasteiger partial charge is 0.253 e. The number of carbonyl (C=O) groups is 2. The summed E-state index contributed by atoms with van der Waals surface area (Å²) in [4.78, 5) is 27.0. The molecule has 0 aliphatic carbocycles. The zero-order valence-corrected chi connectivity index (χ0v) is 18.9. The number of hydrogen-bond donors (Lipinski definition) is 2. The maximum absolute atomic E-state index is 12.7. The van der Waals surface area contributed by atoms with Crippen LogP contribution in [-0.2, 0) is 9.53 Å². The summed E-state index contributed by atoms with van der Waals surface area (Å²) in [5, 5.41) is 5.97. The van der Waals surface area contributed by atoms with Crippen molar-refractivity contribution in [2.24, 2.45) is 5.92 Å². The van der Waals surface area contributed by atoms with Crippen LogP contribution in [0.25, 0.3) is 0 Å². The Kier molecular flexibility index (Phi) is 8.92. The Hall–Kier alpha value is -3.06. The van der Waals surface area contributed by atoms with E-state index >= 15 is 0 Å². The molecule has 172 valence electrons. The van der Waals surface area contributed by atoms with Crippen LogP contribution in [0.4, 0.5) is 11.4 Å². The van der Waals surface area contributed by atoms with Crippen molar-refractivity contribution in [3.63, 3.8) is 0 Å². The fourth-order valence-electron chi connectivity index (χ4n) is 3.55. The second kappa shape index (κ2) is 12.1. The molecule has 3 rings (SSSR count). The van der Waals surface area contributed by atoms with Gasteiger partial charge in [-0.2, -0.15) is 0 Å². The van der Waals surface area contributed by atoms with E-state index in [2.05, 4.69) is 17.6 Å². The van der Waals surface area contributed by atoms with Crippen molar-refractivity contribution in [3.8, 4) is 5.75 Å². The minimum Gasteiger partial charge on any atom is -0.489 e. The number of hydrogen-bond acceptors (Lipinski definition) is 5. The number of nitrogens with one attached hydrogen (secondary N) is 2. The second-order valence-electron chi connectivity index (χ2n) is 8.00. The highest BCUT2D eigenvalue weighted by atomic mass is 16.5. The van der Waals surface area contributed by atoms with E-state index in [1.165, 1.54) is 0 Å². The van der Waals surface area contributed by atoms with Gasteiger partial charge in [-0.3, -0.25) is 9.59 Å². The van der Waals surface area contributed by atoms with Crippen molar-refractivity contribution >= 4 is 23.2 Å². The molecule has 7 nitrogen and oxygen atoms in total. The number of ether oxygens (including phenoxy) is 2. The predicted molar refractivity (Wildman–Crippen MR) is 126 cm³/mol. The van der Waals surface area contributed by atoms with Gasteiger partial charge in [0.25, 0.3) is 5.91 Å². The van der Waals surface area contributed by atoms with E-state index in [4.69, 9.17) is 9.47 Å². The van der Waals surface area contributed by atoms with Crippen molar-refractivity contribution in [3.05, 3.63) is 54.1 Å². The van der Waals surface area contributed by atoms with Crippen LogP contribution in [0, 0.1) is 5.92 Å². The maximum atomic E-state index is 12.7. The molecule has 0 unspecified atom stereocenters. The summed E-state index contributed by atoms with van der Waals surface area (Å²) in [5.41, 5.74) is 2.07. The van der Waals surface area contributed by atoms with E-state index in [-0.39, 0.29) is 18.4 Å². The van der Waals surface area contributed by atoms with E-state index in [1.807, 2.05) is 54.3 Å². The van der Waals surface area contributed by atoms with Crippen LogP contribution in [-0.4, -0.2) is 56.2 Å². The fourth-order valence-corrected chi connectivity index (χ4v) is 3.55. The van der Waals surface area contributed by atoms with Crippen LogP contribution in [0.3, 0.4) is 0 Å². The van der Waals surface area contributed by atoms with Gasteiger partial charge in [-0.1, -0.05) is 19.1 Å². The number of para-hydroxylation sites is 2. The molecule has 1 aliphatic heterocycles. The Morgan fingerprint density at radius 2 is 1.75 bits per heavy atom. The molecule has 0 spiro atoms. The SMILES string of the molecule is CCOCCOc1ccccc1NC(=O)CNc1ccc(C(=O)N2CCC(C)CC2)cc1. The molecule has 2 N–H and O–H groups in total. The molecule has 0 radical (unpaired) electrons. The number of benzene rings is 2. The molecule has 1 aliphatic rings. The molecule has 32 heavy (non-hydrogen) atoms. The molecule has 0 aromatic heterocycles. The largest absolute Gasteiger partial charge is 0.489 e. The lowest BCUT2D eigenvalue weighted by Crippen LogP contribution is -2.37. The number of piperidine rings is 1. The van der Waals surface area contributed by atoms with Gasteiger partial charge in [-0.15, -0.1) is 0 Å². The average Bonchev–Trinajstić information content (AvgIpc) is 2.82. The van der Waals surface area contributed by atoms with Gasteiger partial charge in [-0.05, 0) is 62.1 Å². The van der Waals surface area contributed by atoms with E-state index in [0.717, 1.165) is 31.6 Å². The molecule has 1 saturated heterocycles. The summed E-state index contributed by atoms with van der Waals surface area (Å²) in [6.45, 7) is 7.45. The third-order valence-electron chi connectivity index (χ3n) is 5.51. The minimum absolute atomic E-state index is 0.0714. The standard InChI is InChI=1S/C25H33N3O4/c1-3-31-16-17-32-23-7-5-4-6-22(23)27-24(29)18-26-21-10-8-20(9-11-21)25(30)28-14-12-19(2)13-15-28/h4-11,19,26H,3,12-18H2,1-2H3,(H,27,29). The normalized spacial score (nSPS) is 14.1. The number of anilines is 2. The van der Waals surface area contributed by atoms with Crippen LogP contribution in [0.15, 0.2) is 48.5 Å². The highest BCUT2D eigenvalue weighted by Gasteiger charge is 2.21. The van der Waals surface area contributed by atoms with Gasteiger partial charge in [0, 0.05) is 30.9 Å². The molecule has 1 heterocycles. The molecule has 1 fully saturated rings. The van der Waals surface area contributed by atoms with Crippen LogP contribution >= 0.6 is 0 Å². The number of likely N-dealkylation sites (tertiary alicyclic amines) is 1. The van der Waals surface area contributed by atoms with Crippen molar-refractivity contribution in [1.29, 1.82) is 0 Å². The summed E-state index contributed by atoms with van der Waals surface area (Å²) in [7, 11) is 0. The van der Waals surface area contributed by atoms with Gasteiger partial charge in [0.15, 0.2) is 0 Å². The molecule has 2 aromatic carbocycles. The van der Waals surface area contributed by atoms with Gasteiger partial charge < -0.3 is 25.0 Å². The number of rotatable bonds is 10. The lowest BCUT2D eigenvalue weighted by molar-refractivity contribution is -0.114. The predicted octanol–water partition coefficient (Wildman–Crippen LogP) is 4.02. The van der Waals surface area contributed by atoms with Gasteiger partial charge >= 0.3 is 0 Å². The molecular weight excluding hydrogens is 406 g/mol. The van der Waals surface area contributed by atoms with Crippen molar-refractivity contribution in [2.45, 2.75) is 26.7 Å². The highest BCUT2D eigenvalue weighted by molar-refractivity contribution is 5.96. The number of carbonyl (C=O) groups excluding carboxylic acids is 2. The van der Waals surface area contributed by atoms with Crippen LogP contribution in [0.2, 0.25) is 0 Å². The van der Waals surface area contributed by atoms with Gasteiger partial charge in [0.05, 0.1) is 18.8 Å². The van der Waals surface area contributed by atoms with Crippen molar-refractivity contribution < 1.29 is 19.1 Å². The summed E-state index contributed by atoms with van der Waals surface area (Å²) in [6.07, 6.45) is 2.11. The van der Waals surface area contributed by atoms with Crippen LogP contribution in [0.5, 0.6) is 5.75 Å². The first-order chi connectivity index (χ1) is 15.6. The summed E-state index contributed by atoms with van der Waals surface area (Å²) in [6, 6.07) is 14.6. The van der Waals surface area contributed by atoms with E-state index < -0.39 is 0 Å². The third-order valence-corrected chi connectivity index (χ3v) is 5.51. The van der Waals surface area contributed by atoms with Gasteiger partial charge in [-0.25, -0.2) is 0 Å². The first-order valence-corrected chi connectivity index (χ1v) is 11.3. The zero-order chi connectivity index (χ0) is 22.8. The highest BCUT2D eigenvalue weighted by Crippen LogP contribution is 2.24. The third kappa shape index (κ3) is 6.99. The Labute approximate surface area is 190 Å². The fraction of sp³-hybridized carbons (Fsp3) is 0.440. The zero-order valence-electron chi connectivity index (χ0n) is 18.9. The molecular formula is C25H33N3O4. The molecule has 7 heteroatoms. The van der Waals surface area contributed by atoms with Crippen LogP contribution in [0.1, 0.15) is 37.0 Å². The van der Waals surface area contributed by atoms with E-state index in [1.54, 1.807) is 6.07 Å². The summed E-state index contributed by atoms with van der Waals surface area (Å²) in [5.74, 6) is 1.18. The van der Waals surface area contributed by atoms with E-state index in [9.17, 15) is 9.59 Å². The second-order valence-corrected chi connectivity index (χ2v) is 8.00. The van der Waals surface area contributed by atoms with Gasteiger partial charge in [0.2, 0.25) is 5.91 Å². The first-order valence-electron chi connectivity index (χ1n) is 11.3. The number of nitrogens with zero attached hydrogens (tertiary/aromatic N) is 1.